The maximum atomic E-state index is 12.8. The molecule has 2 aliphatic rings. The number of benzene rings is 3. The first-order valence-electron chi connectivity index (χ1n) is 16.4. The minimum Gasteiger partial charge on any atom is -0.378 e. The first-order valence-corrected chi connectivity index (χ1v) is 16.4. The highest BCUT2D eigenvalue weighted by Gasteiger charge is 2.15. The Hall–Kier alpha value is -4.29. The maximum Gasteiger partial charge on any atom is 0.225 e. The van der Waals surface area contributed by atoms with E-state index in [9.17, 15) is 9.59 Å². The van der Waals surface area contributed by atoms with Crippen LogP contribution >= 0.6 is 0 Å². The molecule has 4 aromatic rings. The SMILES string of the molecule is CN(C)c1ccc(Nc2c3ccc(NC(=O)CCNN4CCCC4)cc3nc3cc(NC(=O)CCNN4CCCC4)ccc23)cc1. The first-order chi connectivity index (χ1) is 22.4. The second-order valence-electron chi connectivity index (χ2n) is 12.3. The van der Waals surface area contributed by atoms with Crippen LogP contribution in [-0.2, 0) is 9.59 Å². The van der Waals surface area contributed by atoms with Crippen LogP contribution in [0.5, 0.6) is 0 Å². The molecule has 5 N–H and O–H groups in total. The summed E-state index contributed by atoms with van der Waals surface area (Å²) in [5, 5.41) is 15.9. The predicted molar refractivity (Wildman–Crippen MR) is 187 cm³/mol. The lowest BCUT2D eigenvalue weighted by Crippen LogP contribution is -2.37. The smallest absolute Gasteiger partial charge is 0.225 e. The first kappa shape index (κ1) is 31.7. The van der Waals surface area contributed by atoms with Crippen molar-refractivity contribution in [2.24, 2.45) is 0 Å². The number of nitrogens with zero attached hydrogens (tertiary/aromatic N) is 4. The van der Waals surface area contributed by atoms with Crippen molar-refractivity contribution in [3.63, 3.8) is 0 Å². The molecule has 242 valence electrons. The Kier molecular flexibility index (Phi) is 10.2. The number of hydrogen-bond donors (Lipinski definition) is 5. The summed E-state index contributed by atoms with van der Waals surface area (Å²) in [6.45, 7) is 5.33. The van der Waals surface area contributed by atoms with Gasteiger partial charge in [0.2, 0.25) is 11.8 Å². The van der Waals surface area contributed by atoms with Gasteiger partial charge < -0.3 is 20.9 Å². The second-order valence-corrected chi connectivity index (χ2v) is 12.3. The van der Waals surface area contributed by atoms with Crippen molar-refractivity contribution >= 4 is 62.1 Å². The van der Waals surface area contributed by atoms with Crippen LogP contribution in [0.15, 0.2) is 60.7 Å². The average Bonchev–Trinajstić information content (AvgIpc) is 3.76. The molecule has 46 heavy (non-hydrogen) atoms. The number of carbonyl (C=O) groups is 2. The van der Waals surface area contributed by atoms with Crippen LogP contribution in [0.3, 0.4) is 0 Å². The number of amides is 2. The average molecular weight is 624 g/mol. The van der Waals surface area contributed by atoms with Crippen LogP contribution < -0.4 is 31.7 Å². The lowest BCUT2D eigenvalue weighted by Gasteiger charge is -2.17. The van der Waals surface area contributed by atoms with E-state index >= 15 is 0 Å². The largest absolute Gasteiger partial charge is 0.378 e. The Morgan fingerprint density at radius 3 is 1.59 bits per heavy atom. The third kappa shape index (κ3) is 8.10. The molecule has 0 saturated carbocycles. The summed E-state index contributed by atoms with van der Waals surface area (Å²) >= 11 is 0. The molecule has 11 heteroatoms. The molecule has 0 spiro atoms. The van der Waals surface area contributed by atoms with Crippen molar-refractivity contribution in [3.8, 4) is 0 Å². The molecule has 0 unspecified atom stereocenters. The van der Waals surface area contributed by atoms with E-state index in [1.165, 1.54) is 25.7 Å². The minimum absolute atomic E-state index is 0.0459. The quantitative estimate of drug-likeness (QED) is 0.130. The molecule has 6 rings (SSSR count). The van der Waals surface area contributed by atoms with Gasteiger partial charge in [-0.15, -0.1) is 0 Å². The van der Waals surface area contributed by atoms with E-state index in [-0.39, 0.29) is 11.8 Å². The van der Waals surface area contributed by atoms with Crippen molar-refractivity contribution in [2.75, 3.05) is 74.2 Å². The van der Waals surface area contributed by atoms with E-state index in [1.807, 2.05) is 50.5 Å². The molecule has 3 heterocycles. The Morgan fingerprint density at radius 1 is 0.674 bits per heavy atom. The van der Waals surface area contributed by atoms with Crippen LogP contribution in [0.4, 0.5) is 28.4 Å². The summed E-state index contributed by atoms with van der Waals surface area (Å²) in [7, 11) is 4.04. The van der Waals surface area contributed by atoms with Gasteiger partial charge in [-0.25, -0.2) is 15.0 Å². The predicted octanol–water partition coefficient (Wildman–Crippen LogP) is 5.06. The summed E-state index contributed by atoms with van der Waals surface area (Å²) in [5.41, 5.74) is 12.5. The summed E-state index contributed by atoms with van der Waals surface area (Å²) in [6.07, 6.45) is 5.54. The highest BCUT2D eigenvalue weighted by Crippen LogP contribution is 2.36. The van der Waals surface area contributed by atoms with Crippen molar-refractivity contribution in [2.45, 2.75) is 38.5 Å². The van der Waals surface area contributed by atoms with Crippen LogP contribution in [0.2, 0.25) is 0 Å². The number of pyridine rings is 1. The minimum atomic E-state index is -0.0459. The molecule has 2 saturated heterocycles. The number of fused-ring (bicyclic) bond motifs is 2. The van der Waals surface area contributed by atoms with Gasteiger partial charge in [-0.3, -0.25) is 20.4 Å². The Bertz CT molecular complexity index is 1570. The fourth-order valence-corrected chi connectivity index (χ4v) is 6.08. The summed E-state index contributed by atoms with van der Waals surface area (Å²) in [5.74, 6) is -0.0919. The monoisotopic (exact) mass is 623 g/mol. The highest BCUT2D eigenvalue weighted by molar-refractivity contribution is 6.10. The van der Waals surface area contributed by atoms with E-state index in [0.29, 0.717) is 37.3 Å². The number of nitrogens with one attached hydrogen (secondary N) is 5. The summed E-state index contributed by atoms with van der Waals surface area (Å²) in [6, 6.07) is 19.9. The van der Waals surface area contributed by atoms with E-state index in [4.69, 9.17) is 4.98 Å². The zero-order valence-electron chi connectivity index (χ0n) is 26.9. The van der Waals surface area contributed by atoms with Crippen LogP contribution in [0.1, 0.15) is 38.5 Å². The topological polar surface area (TPSA) is 117 Å². The van der Waals surface area contributed by atoms with Crippen LogP contribution in [0, 0.1) is 0 Å². The van der Waals surface area contributed by atoms with Gasteiger partial charge >= 0.3 is 0 Å². The Morgan fingerprint density at radius 2 is 1.13 bits per heavy atom. The van der Waals surface area contributed by atoms with Gasteiger partial charge in [0, 0.05) is 99.7 Å². The number of aromatic nitrogens is 1. The van der Waals surface area contributed by atoms with Gasteiger partial charge in [0.25, 0.3) is 0 Å². The molecule has 2 fully saturated rings. The normalized spacial score (nSPS) is 15.4. The van der Waals surface area contributed by atoms with Crippen LogP contribution in [-0.4, -0.2) is 80.2 Å². The summed E-state index contributed by atoms with van der Waals surface area (Å²) in [4.78, 5) is 32.6. The standard InChI is InChI=1S/C35H45N9O2/c1-42(2)28-11-7-25(8-12-28)40-35-29-13-9-26(38-33(45)15-17-36-43-19-3-4-20-43)23-31(29)41-32-24-27(10-14-30(32)35)39-34(46)16-18-37-44-21-5-6-22-44/h7-14,23-24,36-37H,3-6,15-22H2,1-2H3,(H,38,45)(H,39,46)(H,40,41). The third-order valence-electron chi connectivity index (χ3n) is 8.58. The van der Waals surface area contributed by atoms with Crippen molar-refractivity contribution in [1.82, 2.24) is 25.9 Å². The van der Waals surface area contributed by atoms with E-state index < -0.39 is 0 Å². The number of hydrogen-bond acceptors (Lipinski definition) is 9. The fourth-order valence-electron chi connectivity index (χ4n) is 6.08. The van der Waals surface area contributed by atoms with E-state index in [2.05, 4.69) is 66.0 Å². The van der Waals surface area contributed by atoms with Gasteiger partial charge in [0.15, 0.2) is 0 Å². The highest BCUT2D eigenvalue weighted by atomic mass is 16.2. The van der Waals surface area contributed by atoms with Crippen molar-refractivity contribution < 1.29 is 9.59 Å². The molecule has 11 nitrogen and oxygen atoms in total. The summed E-state index contributed by atoms with van der Waals surface area (Å²) < 4.78 is 0. The fraction of sp³-hybridized carbons (Fsp3) is 0.400. The molecular weight excluding hydrogens is 578 g/mol. The Labute approximate surface area is 270 Å². The molecular formula is C35H45N9O2. The molecule has 0 atom stereocenters. The van der Waals surface area contributed by atoms with E-state index in [1.54, 1.807) is 0 Å². The number of anilines is 5. The molecule has 2 aliphatic heterocycles. The van der Waals surface area contributed by atoms with Gasteiger partial charge in [0.05, 0.1) is 16.7 Å². The lowest BCUT2D eigenvalue weighted by atomic mass is 10.1. The molecule has 0 bridgehead atoms. The molecule has 0 aliphatic carbocycles. The van der Waals surface area contributed by atoms with Gasteiger partial charge in [-0.1, -0.05) is 0 Å². The molecule has 3 aromatic carbocycles. The van der Waals surface area contributed by atoms with Gasteiger partial charge in [0.1, 0.15) is 0 Å². The van der Waals surface area contributed by atoms with Gasteiger partial charge in [-0.05, 0) is 86.3 Å². The second kappa shape index (κ2) is 14.9. The van der Waals surface area contributed by atoms with Crippen molar-refractivity contribution in [3.05, 3.63) is 60.7 Å². The maximum absolute atomic E-state index is 12.8. The molecule has 2 amide bonds. The zero-order chi connectivity index (χ0) is 31.9. The number of rotatable bonds is 13. The molecule has 1 aromatic heterocycles. The zero-order valence-corrected chi connectivity index (χ0v) is 26.9. The van der Waals surface area contributed by atoms with E-state index in [0.717, 1.165) is 65.0 Å². The number of carbonyl (C=O) groups excluding carboxylic acids is 2. The third-order valence-corrected chi connectivity index (χ3v) is 8.58. The lowest BCUT2D eigenvalue weighted by molar-refractivity contribution is -0.117. The van der Waals surface area contributed by atoms with Crippen molar-refractivity contribution in [1.29, 1.82) is 0 Å². The Balaban J connectivity index is 1.22. The van der Waals surface area contributed by atoms with Crippen LogP contribution in [0.25, 0.3) is 21.8 Å². The van der Waals surface area contributed by atoms with Gasteiger partial charge in [-0.2, -0.15) is 0 Å². The molecule has 0 radical (unpaired) electrons. The number of hydrazine groups is 2.